The van der Waals surface area contributed by atoms with Crippen molar-refractivity contribution in [3.8, 4) is 0 Å². The highest BCUT2D eigenvalue weighted by molar-refractivity contribution is 5.06. The second-order valence-electron chi connectivity index (χ2n) is 6.70. The number of nitrogens with one attached hydrogen (secondary N) is 1. The second kappa shape index (κ2) is 6.11. The van der Waals surface area contributed by atoms with E-state index >= 15 is 0 Å². The van der Waals surface area contributed by atoms with E-state index in [1.54, 1.807) is 0 Å². The summed E-state index contributed by atoms with van der Waals surface area (Å²) in [5.74, 6) is 0. The molecule has 1 saturated heterocycles. The van der Waals surface area contributed by atoms with E-state index < -0.39 is 0 Å². The van der Waals surface area contributed by atoms with Crippen molar-refractivity contribution in [2.45, 2.75) is 76.5 Å². The van der Waals surface area contributed by atoms with Crippen molar-refractivity contribution < 1.29 is 4.74 Å². The van der Waals surface area contributed by atoms with Crippen molar-refractivity contribution in [2.24, 2.45) is 0 Å². The summed E-state index contributed by atoms with van der Waals surface area (Å²) >= 11 is 0. The quantitative estimate of drug-likeness (QED) is 0.830. The number of hydrogen-bond acceptors (Lipinski definition) is 3. The highest BCUT2D eigenvalue weighted by atomic mass is 16.5. The standard InChI is InChI=1S/C16H32N2O/c1-5-15(6-2)13-18(11-14(3)19-4)16(12-17-15)9-7-8-10-16/h14,17H,5-13H2,1-4H3. The molecule has 1 N–H and O–H groups in total. The van der Waals surface area contributed by atoms with Crippen molar-refractivity contribution in [1.29, 1.82) is 0 Å². The Kier molecular flexibility index (Phi) is 4.91. The lowest BCUT2D eigenvalue weighted by molar-refractivity contribution is -0.0296. The number of methoxy groups -OCH3 is 1. The zero-order chi connectivity index (χ0) is 13.9. The van der Waals surface area contributed by atoms with Crippen LogP contribution < -0.4 is 5.32 Å². The van der Waals surface area contributed by atoms with Gasteiger partial charge >= 0.3 is 0 Å². The molecular weight excluding hydrogens is 236 g/mol. The minimum absolute atomic E-state index is 0.321. The van der Waals surface area contributed by atoms with Gasteiger partial charge in [0.05, 0.1) is 6.10 Å². The van der Waals surface area contributed by atoms with Gasteiger partial charge in [0, 0.05) is 37.8 Å². The molecule has 1 aliphatic carbocycles. The van der Waals surface area contributed by atoms with Gasteiger partial charge in [-0.25, -0.2) is 0 Å². The van der Waals surface area contributed by atoms with Crippen LogP contribution in [0, 0.1) is 0 Å². The van der Waals surface area contributed by atoms with Crippen LogP contribution in [0.25, 0.3) is 0 Å². The Morgan fingerprint density at radius 2 is 1.84 bits per heavy atom. The van der Waals surface area contributed by atoms with E-state index in [0.717, 1.165) is 6.54 Å². The summed E-state index contributed by atoms with van der Waals surface area (Å²) in [5.41, 5.74) is 0.738. The fourth-order valence-corrected chi connectivity index (χ4v) is 3.95. The Morgan fingerprint density at radius 3 is 2.37 bits per heavy atom. The van der Waals surface area contributed by atoms with E-state index in [1.807, 2.05) is 7.11 Å². The molecular formula is C16H32N2O. The molecule has 112 valence electrons. The molecule has 1 saturated carbocycles. The van der Waals surface area contributed by atoms with Crippen molar-refractivity contribution in [2.75, 3.05) is 26.7 Å². The third-order valence-electron chi connectivity index (χ3n) is 5.72. The van der Waals surface area contributed by atoms with Gasteiger partial charge in [0.25, 0.3) is 0 Å². The third-order valence-corrected chi connectivity index (χ3v) is 5.72. The lowest BCUT2D eigenvalue weighted by atomic mass is 9.82. The number of nitrogens with zero attached hydrogens (tertiary/aromatic N) is 1. The summed E-state index contributed by atoms with van der Waals surface area (Å²) in [5, 5.41) is 3.90. The summed E-state index contributed by atoms with van der Waals surface area (Å²) < 4.78 is 5.53. The average molecular weight is 268 g/mol. The Labute approximate surface area is 119 Å². The van der Waals surface area contributed by atoms with E-state index in [0.29, 0.717) is 17.2 Å². The summed E-state index contributed by atoms with van der Waals surface area (Å²) in [6.07, 6.45) is 8.28. The van der Waals surface area contributed by atoms with Crippen LogP contribution in [0.1, 0.15) is 59.3 Å². The Morgan fingerprint density at radius 1 is 1.21 bits per heavy atom. The lowest BCUT2D eigenvalue weighted by Crippen LogP contribution is -2.69. The molecule has 0 aromatic carbocycles. The van der Waals surface area contributed by atoms with Crippen molar-refractivity contribution in [1.82, 2.24) is 10.2 Å². The van der Waals surface area contributed by atoms with Crippen molar-refractivity contribution in [3.05, 3.63) is 0 Å². The Balaban J connectivity index is 2.13. The van der Waals surface area contributed by atoms with Crippen LogP contribution in [0.2, 0.25) is 0 Å². The van der Waals surface area contributed by atoms with E-state index in [4.69, 9.17) is 4.74 Å². The maximum atomic E-state index is 5.53. The highest BCUT2D eigenvalue weighted by Crippen LogP contribution is 2.39. The Hall–Kier alpha value is -0.120. The van der Waals surface area contributed by atoms with Crippen LogP contribution in [-0.4, -0.2) is 48.8 Å². The van der Waals surface area contributed by atoms with Gasteiger partial charge in [-0.2, -0.15) is 0 Å². The summed E-state index contributed by atoms with van der Waals surface area (Å²) in [7, 11) is 1.83. The van der Waals surface area contributed by atoms with Crippen molar-refractivity contribution >= 4 is 0 Å². The lowest BCUT2D eigenvalue weighted by Gasteiger charge is -2.54. The predicted octanol–water partition coefficient (Wildman–Crippen LogP) is 2.80. The number of ether oxygens (including phenoxy) is 1. The van der Waals surface area contributed by atoms with Gasteiger partial charge < -0.3 is 10.1 Å². The van der Waals surface area contributed by atoms with E-state index in [2.05, 4.69) is 31.0 Å². The minimum atomic E-state index is 0.321. The molecule has 1 unspecified atom stereocenters. The maximum absolute atomic E-state index is 5.53. The normalized spacial score (nSPS) is 27.8. The monoisotopic (exact) mass is 268 g/mol. The molecule has 1 aliphatic heterocycles. The first-order valence-electron chi connectivity index (χ1n) is 8.12. The first-order valence-corrected chi connectivity index (χ1v) is 8.12. The molecule has 1 spiro atoms. The van der Waals surface area contributed by atoms with E-state index in [9.17, 15) is 0 Å². The van der Waals surface area contributed by atoms with Crippen LogP contribution in [0.15, 0.2) is 0 Å². The van der Waals surface area contributed by atoms with E-state index in [-0.39, 0.29) is 0 Å². The minimum Gasteiger partial charge on any atom is -0.380 e. The average Bonchev–Trinajstić information content (AvgIpc) is 2.91. The van der Waals surface area contributed by atoms with Gasteiger partial charge in [-0.15, -0.1) is 0 Å². The molecule has 3 nitrogen and oxygen atoms in total. The van der Waals surface area contributed by atoms with Gasteiger partial charge in [-0.1, -0.05) is 26.7 Å². The summed E-state index contributed by atoms with van der Waals surface area (Å²) in [6.45, 7) is 10.3. The summed E-state index contributed by atoms with van der Waals surface area (Å²) in [6, 6.07) is 0. The topological polar surface area (TPSA) is 24.5 Å². The molecule has 0 bridgehead atoms. The fourth-order valence-electron chi connectivity index (χ4n) is 3.95. The Bertz CT molecular complexity index is 282. The smallest absolute Gasteiger partial charge is 0.0670 e. The fraction of sp³-hybridized carbons (Fsp3) is 1.00. The molecule has 1 atom stereocenters. The molecule has 3 heteroatoms. The van der Waals surface area contributed by atoms with Crippen LogP contribution in [-0.2, 0) is 4.74 Å². The summed E-state index contributed by atoms with van der Waals surface area (Å²) in [4.78, 5) is 2.76. The van der Waals surface area contributed by atoms with Crippen molar-refractivity contribution in [3.63, 3.8) is 0 Å². The molecule has 1 heterocycles. The highest BCUT2D eigenvalue weighted by Gasteiger charge is 2.47. The van der Waals surface area contributed by atoms with Gasteiger partial charge in [0.1, 0.15) is 0 Å². The third kappa shape index (κ3) is 2.98. The largest absolute Gasteiger partial charge is 0.380 e. The molecule has 0 radical (unpaired) electrons. The molecule has 0 aromatic heterocycles. The first-order chi connectivity index (χ1) is 9.10. The number of hydrogen-bond donors (Lipinski definition) is 1. The zero-order valence-corrected chi connectivity index (χ0v) is 13.3. The van der Waals surface area contributed by atoms with Crippen LogP contribution in [0.4, 0.5) is 0 Å². The molecule has 2 aliphatic rings. The molecule has 19 heavy (non-hydrogen) atoms. The molecule has 2 rings (SSSR count). The van der Waals surface area contributed by atoms with Gasteiger partial charge in [0.15, 0.2) is 0 Å². The van der Waals surface area contributed by atoms with E-state index in [1.165, 1.54) is 51.6 Å². The van der Waals surface area contributed by atoms with Gasteiger partial charge in [0.2, 0.25) is 0 Å². The first kappa shape index (κ1) is 15.3. The number of piperazine rings is 1. The SMILES string of the molecule is CCC1(CC)CN(CC(C)OC)C2(CCCC2)CN1. The molecule has 0 amide bonds. The van der Waals surface area contributed by atoms with Crippen LogP contribution >= 0.6 is 0 Å². The zero-order valence-electron chi connectivity index (χ0n) is 13.3. The van der Waals surface area contributed by atoms with Gasteiger partial charge in [-0.3, -0.25) is 4.90 Å². The van der Waals surface area contributed by atoms with Crippen LogP contribution in [0.3, 0.4) is 0 Å². The molecule has 0 aromatic rings. The molecule has 2 fully saturated rings. The van der Waals surface area contributed by atoms with Gasteiger partial charge in [-0.05, 0) is 32.6 Å². The predicted molar refractivity (Wildman–Crippen MR) is 80.6 cm³/mol. The van der Waals surface area contributed by atoms with Crippen LogP contribution in [0.5, 0.6) is 0 Å². The number of rotatable bonds is 5. The maximum Gasteiger partial charge on any atom is 0.0670 e. The second-order valence-corrected chi connectivity index (χ2v) is 6.70.